The molecule has 2 N–H and O–H groups in total. The molecule has 2 aromatic carbocycles. The number of carbonyl (C=O) groups is 1. The first kappa shape index (κ1) is 17.6. The molecule has 1 amide bonds. The van der Waals surface area contributed by atoms with Crippen LogP contribution in [0.15, 0.2) is 48.5 Å². The summed E-state index contributed by atoms with van der Waals surface area (Å²) >= 11 is 0. The van der Waals surface area contributed by atoms with Gasteiger partial charge in [0.25, 0.3) is 0 Å². The van der Waals surface area contributed by atoms with Crippen LogP contribution in [0.5, 0.6) is 5.75 Å². The van der Waals surface area contributed by atoms with Crippen molar-refractivity contribution in [1.29, 1.82) is 0 Å². The fourth-order valence-corrected chi connectivity index (χ4v) is 2.01. The zero-order chi connectivity index (χ0) is 17.6. The minimum absolute atomic E-state index is 0.258. The maximum absolute atomic E-state index is 11.6. The van der Waals surface area contributed by atoms with Crippen LogP contribution in [0.2, 0.25) is 0 Å². The van der Waals surface area contributed by atoms with E-state index in [9.17, 15) is 9.90 Å². The monoisotopic (exact) mass is 325 g/mol. The molecule has 0 aliphatic rings. The Bertz CT molecular complexity index is 695. The summed E-state index contributed by atoms with van der Waals surface area (Å²) in [6.45, 7) is 5.93. The van der Waals surface area contributed by atoms with E-state index in [-0.39, 0.29) is 5.75 Å². The van der Waals surface area contributed by atoms with Gasteiger partial charge in [0.1, 0.15) is 11.4 Å². The molecule has 2 aromatic rings. The molecule has 24 heavy (non-hydrogen) atoms. The van der Waals surface area contributed by atoms with Crippen LogP contribution in [0.1, 0.15) is 37.5 Å². The summed E-state index contributed by atoms with van der Waals surface area (Å²) in [6.07, 6.45) is 3.56. The van der Waals surface area contributed by atoms with Gasteiger partial charge < -0.3 is 15.2 Å². The summed E-state index contributed by atoms with van der Waals surface area (Å²) in [5, 5.41) is 12.0. The van der Waals surface area contributed by atoms with E-state index in [4.69, 9.17) is 4.74 Å². The van der Waals surface area contributed by atoms with E-state index in [1.54, 1.807) is 12.1 Å². The third kappa shape index (κ3) is 6.16. The number of hydrogen-bond acceptors (Lipinski definition) is 3. The SMILES string of the molecule is CC(C)(C)OC(=O)NCc1ccc(/C=C/c2ccc(O)cc2)cc1. The van der Waals surface area contributed by atoms with Crippen molar-refractivity contribution in [3.8, 4) is 5.75 Å². The lowest BCUT2D eigenvalue weighted by Gasteiger charge is -2.19. The number of ether oxygens (including phenoxy) is 1. The molecule has 0 atom stereocenters. The standard InChI is InChI=1S/C20H23NO3/c1-20(2,3)24-19(23)21-14-17-8-6-15(7-9-17)4-5-16-10-12-18(22)13-11-16/h4-13,22H,14H2,1-3H3,(H,21,23)/b5-4+. The number of phenolic OH excluding ortho intramolecular Hbond substituents is 1. The second kappa shape index (κ2) is 7.68. The number of carbonyl (C=O) groups excluding carboxylic acids is 1. The third-order valence-electron chi connectivity index (χ3n) is 3.18. The van der Waals surface area contributed by atoms with Crippen molar-refractivity contribution in [3.05, 3.63) is 65.2 Å². The van der Waals surface area contributed by atoms with Gasteiger partial charge in [0.2, 0.25) is 0 Å². The van der Waals surface area contributed by atoms with Gasteiger partial charge in [-0.15, -0.1) is 0 Å². The Labute approximate surface area is 142 Å². The highest BCUT2D eigenvalue weighted by atomic mass is 16.6. The van der Waals surface area contributed by atoms with Gasteiger partial charge in [0, 0.05) is 6.54 Å². The van der Waals surface area contributed by atoms with Gasteiger partial charge in [-0.25, -0.2) is 4.79 Å². The van der Waals surface area contributed by atoms with Crippen molar-refractivity contribution in [2.24, 2.45) is 0 Å². The molecule has 0 aliphatic carbocycles. The molecule has 0 spiro atoms. The second-order valence-electron chi connectivity index (χ2n) is 6.52. The lowest BCUT2D eigenvalue weighted by atomic mass is 10.1. The van der Waals surface area contributed by atoms with Crippen LogP contribution in [0.4, 0.5) is 4.79 Å². The first-order valence-electron chi connectivity index (χ1n) is 7.85. The fraction of sp³-hybridized carbons (Fsp3) is 0.250. The zero-order valence-electron chi connectivity index (χ0n) is 14.2. The lowest BCUT2D eigenvalue weighted by Crippen LogP contribution is -2.32. The summed E-state index contributed by atoms with van der Waals surface area (Å²) in [4.78, 5) is 11.6. The number of amides is 1. The fourth-order valence-electron chi connectivity index (χ4n) is 2.01. The van der Waals surface area contributed by atoms with Crippen LogP contribution in [-0.4, -0.2) is 16.8 Å². The Kier molecular flexibility index (Phi) is 5.64. The van der Waals surface area contributed by atoms with Crippen LogP contribution in [-0.2, 0) is 11.3 Å². The Morgan fingerprint density at radius 3 is 2.00 bits per heavy atom. The van der Waals surface area contributed by atoms with Crippen LogP contribution in [0.25, 0.3) is 12.2 Å². The summed E-state index contributed by atoms with van der Waals surface area (Å²) in [7, 11) is 0. The van der Waals surface area contributed by atoms with E-state index in [2.05, 4.69) is 5.32 Å². The highest BCUT2D eigenvalue weighted by Crippen LogP contribution is 2.13. The van der Waals surface area contributed by atoms with Gasteiger partial charge in [-0.05, 0) is 49.6 Å². The Morgan fingerprint density at radius 2 is 1.50 bits per heavy atom. The molecular formula is C20H23NO3. The Morgan fingerprint density at radius 1 is 1.00 bits per heavy atom. The topological polar surface area (TPSA) is 58.6 Å². The van der Waals surface area contributed by atoms with E-state index in [1.807, 2.05) is 69.3 Å². The highest BCUT2D eigenvalue weighted by molar-refractivity contribution is 5.70. The van der Waals surface area contributed by atoms with Crippen LogP contribution in [0, 0.1) is 0 Å². The van der Waals surface area contributed by atoms with Crippen molar-refractivity contribution < 1.29 is 14.6 Å². The summed E-state index contributed by atoms with van der Waals surface area (Å²) in [5.41, 5.74) is 2.59. The molecule has 0 radical (unpaired) electrons. The zero-order valence-corrected chi connectivity index (χ0v) is 14.2. The van der Waals surface area contributed by atoms with E-state index >= 15 is 0 Å². The average molecular weight is 325 g/mol. The second-order valence-corrected chi connectivity index (χ2v) is 6.52. The number of alkyl carbamates (subject to hydrolysis) is 1. The van der Waals surface area contributed by atoms with Crippen molar-refractivity contribution in [2.75, 3.05) is 0 Å². The van der Waals surface area contributed by atoms with Crippen LogP contribution >= 0.6 is 0 Å². The largest absolute Gasteiger partial charge is 0.508 e. The molecule has 0 fully saturated rings. The van der Waals surface area contributed by atoms with E-state index in [0.29, 0.717) is 6.54 Å². The van der Waals surface area contributed by atoms with Gasteiger partial charge in [-0.3, -0.25) is 0 Å². The third-order valence-corrected chi connectivity index (χ3v) is 3.18. The van der Waals surface area contributed by atoms with E-state index in [1.165, 1.54) is 0 Å². The van der Waals surface area contributed by atoms with Crippen molar-refractivity contribution in [2.45, 2.75) is 32.9 Å². The first-order chi connectivity index (χ1) is 11.3. The van der Waals surface area contributed by atoms with Gasteiger partial charge in [0.15, 0.2) is 0 Å². The molecule has 126 valence electrons. The average Bonchev–Trinajstić information content (AvgIpc) is 2.52. The number of nitrogens with one attached hydrogen (secondary N) is 1. The summed E-state index contributed by atoms with van der Waals surface area (Å²) in [5.74, 6) is 0.258. The molecule has 4 nitrogen and oxygen atoms in total. The normalized spacial score (nSPS) is 11.5. The summed E-state index contributed by atoms with van der Waals surface area (Å²) < 4.78 is 5.20. The van der Waals surface area contributed by atoms with Crippen molar-refractivity contribution >= 4 is 18.2 Å². The smallest absolute Gasteiger partial charge is 0.407 e. The molecule has 0 unspecified atom stereocenters. The van der Waals surface area contributed by atoms with E-state index in [0.717, 1.165) is 16.7 Å². The number of phenols is 1. The lowest BCUT2D eigenvalue weighted by molar-refractivity contribution is 0.0523. The first-order valence-corrected chi connectivity index (χ1v) is 7.85. The molecule has 0 aromatic heterocycles. The van der Waals surface area contributed by atoms with Gasteiger partial charge in [-0.2, -0.15) is 0 Å². The molecule has 0 saturated carbocycles. The highest BCUT2D eigenvalue weighted by Gasteiger charge is 2.15. The number of aromatic hydroxyl groups is 1. The molecule has 0 saturated heterocycles. The number of rotatable bonds is 4. The summed E-state index contributed by atoms with van der Waals surface area (Å²) in [6, 6.07) is 14.9. The van der Waals surface area contributed by atoms with Gasteiger partial charge >= 0.3 is 6.09 Å². The van der Waals surface area contributed by atoms with Gasteiger partial charge in [-0.1, -0.05) is 48.6 Å². The van der Waals surface area contributed by atoms with Gasteiger partial charge in [0.05, 0.1) is 0 Å². The van der Waals surface area contributed by atoms with Crippen molar-refractivity contribution in [3.63, 3.8) is 0 Å². The predicted molar refractivity (Wildman–Crippen MR) is 96.6 cm³/mol. The van der Waals surface area contributed by atoms with Crippen molar-refractivity contribution in [1.82, 2.24) is 5.32 Å². The Balaban J connectivity index is 1.88. The molecule has 4 heteroatoms. The quantitative estimate of drug-likeness (QED) is 0.809. The maximum Gasteiger partial charge on any atom is 0.407 e. The Hall–Kier alpha value is -2.75. The maximum atomic E-state index is 11.6. The molecule has 2 rings (SSSR count). The minimum atomic E-state index is -0.493. The molecule has 0 bridgehead atoms. The molecule has 0 aliphatic heterocycles. The number of benzene rings is 2. The molecule has 0 heterocycles. The molecular weight excluding hydrogens is 302 g/mol. The van der Waals surface area contributed by atoms with Crippen LogP contribution < -0.4 is 5.32 Å². The van der Waals surface area contributed by atoms with Crippen LogP contribution in [0.3, 0.4) is 0 Å². The minimum Gasteiger partial charge on any atom is -0.508 e. The number of hydrogen-bond donors (Lipinski definition) is 2. The van der Waals surface area contributed by atoms with E-state index < -0.39 is 11.7 Å². The predicted octanol–water partition coefficient (Wildman–Crippen LogP) is 4.59.